The van der Waals surface area contributed by atoms with Crippen molar-refractivity contribution >= 4 is 23.3 Å². The molecule has 2 aliphatic rings. The molecule has 0 unspecified atom stereocenters. The van der Waals surface area contributed by atoms with Crippen molar-refractivity contribution in [3.63, 3.8) is 0 Å². The number of amides is 1. The number of rotatable bonds is 5. The lowest BCUT2D eigenvalue weighted by molar-refractivity contribution is -0.153. The van der Waals surface area contributed by atoms with Gasteiger partial charge in [0.15, 0.2) is 12.4 Å². The molecule has 2 heterocycles. The monoisotopic (exact) mass is 474 g/mol. The molecule has 7 nitrogen and oxygen atoms in total. The molecule has 2 aromatic carbocycles. The summed E-state index contributed by atoms with van der Waals surface area (Å²) in [4.78, 5) is 31.0. The Morgan fingerprint density at radius 2 is 1.88 bits per heavy atom. The highest BCUT2D eigenvalue weighted by Crippen LogP contribution is 2.34. The summed E-state index contributed by atoms with van der Waals surface area (Å²) >= 11 is 0. The van der Waals surface area contributed by atoms with Crippen LogP contribution in [0.25, 0.3) is 0 Å². The summed E-state index contributed by atoms with van der Waals surface area (Å²) in [6.07, 6.45) is -4.92. The Morgan fingerprint density at radius 3 is 2.56 bits per heavy atom. The third kappa shape index (κ3) is 4.75. The number of alkyl halides is 3. The van der Waals surface area contributed by atoms with Crippen LogP contribution < -0.4 is 9.64 Å². The molecule has 10 heteroatoms. The van der Waals surface area contributed by atoms with Crippen molar-refractivity contribution < 1.29 is 37.0 Å². The van der Waals surface area contributed by atoms with Crippen LogP contribution >= 0.6 is 0 Å². The quantitative estimate of drug-likeness (QED) is 0.614. The van der Waals surface area contributed by atoms with E-state index in [0.29, 0.717) is 28.1 Å². The van der Waals surface area contributed by atoms with E-state index >= 15 is 0 Å². The third-order valence-electron chi connectivity index (χ3n) is 5.27. The number of ether oxygens (including phenoxy) is 3. The van der Waals surface area contributed by atoms with Crippen LogP contribution in [-0.2, 0) is 14.3 Å². The Hall–Kier alpha value is -3.82. The number of carbonyl (C=O) groups is 2. The average Bonchev–Trinajstić information content (AvgIpc) is 3.03. The fourth-order valence-electron chi connectivity index (χ4n) is 3.71. The highest BCUT2D eigenvalue weighted by atomic mass is 19.4. The number of benzene rings is 2. The number of halogens is 3. The number of hydrogen-bond acceptors (Lipinski definition) is 6. The fraction of sp³-hybridized carbons (Fsp3) is 0.292. The molecule has 4 rings (SSSR count). The molecule has 0 saturated carbocycles. The summed E-state index contributed by atoms with van der Waals surface area (Å²) in [6.45, 7) is 0.611. The van der Waals surface area contributed by atoms with E-state index in [1.165, 1.54) is 30.2 Å². The first-order valence-corrected chi connectivity index (χ1v) is 10.4. The number of anilines is 1. The average molecular weight is 474 g/mol. The zero-order chi connectivity index (χ0) is 24.5. The molecule has 34 heavy (non-hydrogen) atoms. The molecule has 0 bridgehead atoms. The third-order valence-corrected chi connectivity index (χ3v) is 5.27. The maximum absolute atomic E-state index is 13.2. The second kappa shape index (κ2) is 9.20. The van der Waals surface area contributed by atoms with Gasteiger partial charge in [-0.2, -0.15) is 13.2 Å². The van der Waals surface area contributed by atoms with Gasteiger partial charge < -0.3 is 19.1 Å². The zero-order valence-corrected chi connectivity index (χ0v) is 18.4. The Kier molecular flexibility index (Phi) is 6.32. The number of hydrogen-bond donors (Lipinski definition) is 0. The molecule has 0 spiro atoms. The summed E-state index contributed by atoms with van der Waals surface area (Å²) in [6, 6.07) is 12.5. The Bertz CT molecular complexity index is 1170. The van der Waals surface area contributed by atoms with Crippen LogP contribution in [0.2, 0.25) is 0 Å². The molecule has 0 aliphatic carbocycles. The molecule has 0 saturated heterocycles. The van der Waals surface area contributed by atoms with Gasteiger partial charge in [-0.15, -0.1) is 0 Å². The van der Waals surface area contributed by atoms with Crippen LogP contribution in [0.15, 0.2) is 64.9 Å². The largest absolute Gasteiger partial charge is 0.483 e. The van der Waals surface area contributed by atoms with Crippen molar-refractivity contribution in [1.29, 1.82) is 0 Å². The van der Waals surface area contributed by atoms with Gasteiger partial charge in [0.1, 0.15) is 11.9 Å². The Balaban J connectivity index is 1.68. The minimum Gasteiger partial charge on any atom is -0.483 e. The van der Waals surface area contributed by atoms with E-state index in [-0.39, 0.29) is 24.6 Å². The van der Waals surface area contributed by atoms with Crippen LogP contribution in [0.4, 0.5) is 18.9 Å². The van der Waals surface area contributed by atoms with Crippen molar-refractivity contribution in [2.24, 2.45) is 4.99 Å². The van der Waals surface area contributed by atoms with Crippen LogP contribution in [0.3, 0.4) is 0 Å². The summed E-state index contributed by atoms with van der Waals surface area (Å²) < 4.78 is 53.9. The molecule has 2 aromatic rings. The van der Waals surface area contributed by atoms with Crippen LogP contribution in [0.5, 0.6) is 5.75 Å². The first-order valence-electron chi connectivity index (χ1n) is 10.4. The van der Waals surface area contributed by atoms with E-state index in [9.17, 15) is 22.8 Å². The number of esters is 1. The van der Waals surface area contributed by atoms with E-state index in [0.717, 1.165) is 0 Å². The van der Waals surface area contributed by atoms with Gasteiger partial charge in [0.05, 0.1) is 31.5 Å². The molecule has 1 atom stereocenters. The molecule has 0 N–H and O–H groups in total. The first-order chi connectivity index (χ1) is 16.2. The molecule has 0 aromatic heterocycles. The second-order valence-corrected chi connectivity index (χ2v) is 7.76. The van der Waals surface area contributed by atoms with Gasteiger partial charge in [-0.1, -0.05) is 12.1 Å². The summed E-state index contributed by atoms with van der Waals surface area (Å²) in [5.74, 6) is -0.814. The number of carbonyl (C=O) groups excluding carboxylic acids is 2. The van der Waals surface area contributed by atoms with Crippen molar-refractivity contribution in [1.82, 2.24) is 0 Å². The zero-order valence-electron chi connectivity index (χ0n) is 18.4. The fourth-order valence-corrected chi connectivity index (χ4v) is 3.71. The number of methoxy groups -OCH3 is 1. The summed E-state index contributed by atoms with van der Waals surface area (Å²) in [5, 5.41) is 0. The minimum atomic E-state index is -4.50. The van der Waals surface area contributed by atoms with E-state index in [2.05, 4.69) is 4.99 Å². The van der Waals surface area contributed by atoms with Crippen LogP contribution in [0.1, 0.15) is 22.8 Å². The van der Waals surface area contributed by atoms with Gasteiger partial charge in [-0.05, 0) is 43.3 Å². The molecular formula is C24H21F3N2O5. The smallest absolute Gasteiger partial charge is 0.422 e. The van der Waals surface area contributed by atoms with Gasteiger partial charge in [0, 0.05) is 16.8 Å². The van der Waals surface area contributed by atoms with Crippen molar-refractivity contribution in [2.45, 2.75) is 19.2 Å². The van der Waals surface area contributed by atoms with Gasteiger partial charge in [-0.25, -0.2) is 4.79 Å². The Labute approximate surface area is 193 Å². The predicted octanol–water partition coefficient (Wildman–Crippen LogP) is 3.92. The molecule has 0 radical (unpaired) electrons. The maximum atomic E-state index is 13.2. The van der Waals surface area contributed by atoms with E-state index in [1.807, 2.05) is 0 Å². The first kappa shape index (κ1) is 23.3. The standard InChI is InChI=1S/C24H21F3N2O5/c1-14-11-28-20(17-5-3-4-6-19(17)33-13-24(25,26)27)18-12-29(22(30)21(18)34-14)16-9-7-15(8-10-16)23(31)32-2/h3-10,14H,11-13H2,1-2H3/t14-/m1/s1. The van der Waals surface area contributed by atoms with E-state index in [1.54, 1.807) is 37.3 Å². The van der Waals surface area contributed by atoms with E-state index < -0.39 is 30.8 Å². The van der Waals surface area contributed by atoms with Gasteiger partial charge in [0.2, 0.25) is 0 Å². The maximum Gasteiger partial charge on any atom is 0.422 e. The molecule has 2 aliphatic heterocycles. The SMILES string of the molecule is COC(=O)c1ccc(N2CC3=C(O[C@H](C)CN=C3c3ccccc3OCC(F)(F)F)C2=O)cc1. The lowest BCUT2D eigenvalue weighted by Gasteiger charge is -2.19. The lowest BCUT2D eigenvalue weighted by atomic mass is 10.0. The normalized spacial score (nSPS) is 18.1. The van der Waals surface area contributed by atoms with Crippen molar-refractivity contribution in [3.8, 4) is 5.75 Å². The van der Waals surface area contributed by atoms with Gasteiger partial charge in [0.25, 0.3) is 5.91 Å². The molecule has 0 fully saturated rings. The number of nitrogens with zero attached hydrogens (tertiary/aromatic N) is 2. The van der Waals surface area contributed by atoms with Crippen molar-refractivity contribution in [3.05, 3.63) is 71.0 Å². The molecule has 1 amide bonds. The van der Waals surface area contributed by atoms with E-state index in [4.69, 9.17) is 14.2 Å². The number of aliphatic imine (C=N–C) groups is 1. The minimum absolute atomic E-state index is 0.00769. The molecule has 178 valence electrons. The predicted molar refractivity (Wildman–Crippen MR) is 117 cm³/mol. The van der Waals surface area contributed by atoms with Crippen LogP contribution in [-0.4, -0.2) is 56.7 Å². The van der Waals surface area contributed by atoms with Gasteiger partial charge in [-0.3, -0.25) is 9.79 Å². The highest BCUT2D eigenvalue weighted by molar-refractivity contribution is 6.23. The summed E-state index contributed by atoms with van der Waals surface area (Å²) in [5.41, 5.74) is 1.99. The van der Waals surface area contributed by atoms with Gasteiger partial charge >= 0.3 is 12.1 Å². The van der Waals surface area contributed by atoms with Crippen LogP contribution in [0, 0.1) is 0 Å². The molecular weight excluding hydrogens is 453 g/mol. The Morgan fingerprint density at radius 1 is 1.18 bits per heavy atom. The lowest BCUT2D eigenvalue weighted by Crippen LogP contribution is -2.29. The summed E-state index contributed by atoms with van der Waals surface area (Å²) in [7, 11) is 1.27. The van der Waals surface area contributed by atoms with Crippen molar-refractivity contribution in [2.75, 3.05) is 31.7 Å². The highest BCUT2D eigenvalue weighted by Gasteiger charge is 2.39. The second-order valence-electron chi connectivity index (χ2n) is 7.76. The topological polar surface area (TPSA) is 77.4 Å². The number of para-hydroxylation sites is 1.